The Kier molecular flexibility index (Phi) is 10.5. The molecule has 5 atom stereocenters. The molecule has 264 valence electrons. The first-order valence-electron chi connectivity index (χ1n) is 17.2. The van der Waals surface area contributed by atoms with Crippen molar-refractivity contribution in [3.05, 3.63) is 29.3 Å². The fraction of sp³-hybridized carbons (Fsp3) is 0.771. The molecule has 6 rings (SSSR count). The lowest BCUT2D eigenvalue weighted by atomic mass is 9.64. The molecular weight excluding hydrogens is 677 g/mol. The van der Waals surface area contributed by atoms with Gasteiger partial charge in [0.2, 0.25) is 12.1 Å². The minimum Gasteiger partial charge on any atom is -0.543 e. The monoisotopic (exact) mass is 729 g/mol. The van der Waals surface area contributed by atoms with E-state index >= 15 is 0 Å². The molecular formula is C35H54Cl3N3O5Si. The van der Waals surface area contributed by atoms with Crippen LogP contribution >= 0.6 is 34.8 Å². The number of halogens is 3. The second-order valence-electron chi connectivity index (χ2n) is 16.7. The number of hydrogen-bond acceptors (Lipinski definition) is 6. The number of ether oxygens (including phenoxy) is 2. The lowest BCUT2D eigenvalue weighted by Gasteiger charge is -2.44. The number of carbonyl (C=O) groups excluding carboxylic acids is 2. The Hall–Kier alpha value is -1.39. The molecule has 5 aliphatic rings. The van der Waals surface area contributed by atoms with Crippen molar-refractivity contribution < 1.29 is 23.5 Å². The third-order valence-corrected chi connectivity index (χ3v) is 16.1. The lowest BCUT2D eigenvalue weighted by Crippen LogP contribution is -2.48. The van der Waals surface area contributed by atoms with Gasteiger partial charge in [0, 0.05) is 37.1 Å². The van der Waals surface area contributed by atoms with Gasteiger partial charge in [-0.25, -0.2) is 9.59 Å². The van der Waals surface area contributed by atoms with E-state index in [-0.39, 0.29) is 29.1 Å². The van der Waals surface area contributed by atoms with Gasteiger partial charge in [0.25, 0.3) is 0 Å². The van der Waals surface area contributed by atoms with Crippen LogP contribution in [-0.2, 0) is 21.3 Å². The summed E-state index contributed by atoms with van der Waals surface area (Å²) in [4.78, 5) is 30.5. The van der Waals surface area contributed by atoms with Crippen LogP contribution in [0.5, 0.6) is 5.75 Å². The first-order valence-corrected chi connectivity index (χ1v) is 21.3. The predicted molar refractivity (Wildman–Crippen MR) is 191 cm³/mol. The summed E-state index contributed by atoms with van der Waals surface area (Å²) in [5.41, 5.74) is 2.12. The Labute approximate surface area is 297 Å². The third-order valence-electron chi connectivity index (χ3n) is 11.4. The maximum atomic E-state index is 13.6. The van der Waals surface area contributed by atoms with Crippen LogP contribution in [-0.4, -0.2) is 84.6 Å². The Morgan fingerprint density at radius 1 is 1.04 bits per heavy atom. The molecule has 2 amide bonds. The molecule has 2 saturated heterocycles. The highest BCUT2D eigenvalue weighted by molar-refractivity contribution is 6.74. The number of amides is 2. The van der Waals surface area contributed by atoms with Crippen molar-refractivity contribution in [1.29, 1.82) is 0 Å². The summed E-state index contributed by atoms with van der Waals surface area (Å²) in [6.45, 7) is 19.6. The minimum absolute atomic E-state index is 0.0311. The van der Waals surface area contributed by atoms with Gasteiger partial charge in [-0.15, -0.1) is 0 Å². The summed E-state index contributed by atoms with van der Waals surface area (Å²) in [6.07, 6.45) is 5.01. The molecule has 1 aromatic rings. The van der Waals surface area contributed by atoms with E-state index in [1.165, 1.54) is 11.1 Å². The summed E-state index contributed by atoms with van der Waals surface area (Å²) >= 11 is 17.9. The molecule has 47 heavy (non-hydrogen) atoms. The molecule has 0 aromatic heterocycles. The molecule has 1 saturated carbocycles. The van der Waals surface area contributed by atoms with Gasteiger partial charge in [0.1, 0.15) is 18.0 Å². The number of nitrogens with one attached hydrogen (secondary N) is 1. The molecule has 8 nitrogen and oxygen atoms in total. The summed E-state index contributed by atoms with van der Waals surface area (Å²) in [6, 6.07) is 7.13. The van der Waals surface area contributed by atoms with Crippen molar-refractivity contribution in [3.63, 3.8) is 0 Å². The highest BCUT2D eigenvalue weighted by atomic mass is 35.6. The van der Waals surface area contributed by atoms with Gasteiger partial charge in [0.05, 0.1) is 0 Å². The Bertz CT molecular complexity index is 1330. The molecule has 2 bridgehead atoms. The van der Waals surface area contributed by atoms with Gasteiger partial charge < -0.3 is 24.1 Å². The molecule has 1 spiro atoms. The fourth-order valence-corrected chi connectivity index (χ4v) is 9.58. The molecule has 12 heteroatoms. The summed E-state index contributed by atoms with van der Waals surface area (Å²) in [5.74, 6) is 1.62. The highest BCUT2D eigenvalue weighted by Gasteiger charge is 2.60. The van der Waals surface area contributed by atoms with E-state index in [1.807, 2.05) is 25.7 Å². The van der Waals surface area contributed by atoms with E-state index in [9.17, 15) is 9.59 Å². The van der Waals surface area contributed by atoms with Crippen LogP contribution in [0.25, 0.3) is 0 Å². The van der Waals surface area contributed by atoms with E-state index in [0.717, 1.165) is 57.4 Å². The Morgan fingerprint density at radius 3 is 2.43 bits per heavy atom. The van der Waals surface area contributed by atoms with Crippen LogP contribution < -0.4 is 9.74 Å². The summed E-state index contributed by atoms with van der Waals surface area (Å²) in [7, 11) is -2.06. The van der Waals surface area contributed by atoms with Crippen molar-refractivity contribution >= 4 is 55.3 Å². The van der Waals surface area contributed by atoms with Gasteiger partial charge in [-0.05, 0) is 119 Å². The number of alkyl halides is 3. The van der Waals surface area contributed by atoms with Crippen LogP contribution in [0.3, 0.4) is 0 Å². The van der Waals surface area contributed by atoms with E-state index in [2.05, 4.69) is 62.3 Å². The summed E-state index contributed by atoms with van der Waals surface area (Å²) < 4.78 is 16.3. The quantitative estimate of drug-likeness (QED) is 0.234. The minimum atomic E-state index is -2.06. The van der Waals surface area contributed by atoms with Gasteiger partial charge >= 0.3 is 12.2 Å². The Morgan fingerprint density at radius 2 is 1.77 bits per heavy atom. The Balaban J connectivity index is 1.49. The molecule has 4 unspecified atom stereocenters. The second kappa shape index (κ2) is 13.4. The SMILES string of the molecule is CC(C)(C)OC(=O)NCCN1CCC23CC[C@@H]4CN(C(=O)OCC(Cl)(Cl)Cl)C(CCC1Cc1ccc(O[Si](C)(C)C(C)(C)C)cc12)C43. The van der Waals surface area contributed by atoms with Crippen molar-refractivity contribution in [3.8, 4) is 5.75 Å². The van der Waals surface area contributed by atoms with Gasteiger partial charge in [-0.1, -0.05) is 61.6 Å². The van der Waals surface area contributed by atoms with Gasteiger partial charge in [0.15, 0.2) is 0 Å². The van der Waals surface area contributed by atoms with Crippen molar-refractivity contribution in [2.75, 3.05) is 32.8 Å². The zero-order valence-electron chi connectivity index (χ0n) is 29.4. The predicted octanol–water partition coefficient (Wildman–Crippen LogP) is 8.46. The van der Waals surface area contributed by atoms with Crippen LogP contribution in [0.2, 0.25) is 18.1 Å². The number of rotatable bonds is 6. The number of benzene rings is 1. The van der Waals surface area contributed by atoms with Gasteiger partial charge in [-0.2, -0.15) is 0 Å². The molecule has 2 aliphatic carbocycles. The van der Waals surface area contributed by atoms with Crippen LogP contribution in [0, 0.1) is 11.8 Å². The maximum Gasteiger partial charge on any atom is 0.410 e. The van der Waals surface area contributed by atoms with E-state index in [1.54, 1.807) is 0 Å². The number of hydrogen-bond donors (Lipinski definition) is 1. The lowest BCUT2D eigenvalue weighted by molar-refractivity contribution is 0.0515. The molecule has 3 fully saturated rings. The number of nitrogens with zero attached hydrogens (tertiary/aromatic N) is 2. The first kappa shape index (κ1) is 36.9. The number of likely N-dealkylation sites (tertiary alicyclic amines) is 1. The highest BCUT2D eigenvalue weighted by Crippen LogP contribution is 2.60. The number of fused-ring (bicyclic) bond motifs is 3. The van der Waals surface area contributed by atoms with E-state index in [4.69, 9.17) is 48.7 Å². The zero-order valence-corrected chi connectivity index (χ0v) is 32.7. The standard InChI is InChI=1S/C35H54Cl3N3O5Si/c1-32(2,3)45-30(42)39-16-18-40-17-15-34-14-13-24-21-41(31(43)44-22-35(36,37)38)28(29(24)34)12-10-25(40)19-23-9-11-26(20-27(23)34)46-47(7,8)33(4,5)6/h9,11,20,24-25,28-29H,10,12-19,21-22H2,1-8H3,(H,39,42)/t24-,25?,28?,29?,34?/m1/s1. The number of alkyl carbamates (subject to hydrolysis) is 1. The van der Waals surface area contributed by atoms with Crippen LogP contribution in [0.1, 0.15) is 84.8 Å². The first-order chi connectivity index (χ1) is 21.7. The molecule has 1 N–H and O–H groups in total. The second-order valence-corrected chi connectivity index (χ2v) is 23.9. The molecule has 0 radical (unpaired) electrons. The van der Waals surface area contributed by atoms with E-state index in [0.29, 0.717) is 24.9 Å². The van der Waals surface area contributed by atoms with Crippen LogP contribution in [0.4, 0.5) is 9.59 Å². The zero-order chi connectivity index (χ0) is 34.6. The largest absolute Gasteiger partial charge is 0.543 e. The van der Waals surface area contributed by atoms with E-state index < -0.39 is 29.9 Å². The van der Waals surface area contributed by atoms with Crippen molar-refractivity contribution in [2.24, 2.45) is 11.8 Å². The topological polar surface area (TPSA) is 80.3 Å². The van der Waals surface area contributed by atoms with Crippen LogP contribution in [0.15, 0.2) is 18.2 Å². The third kappa shape index (κ3) is 8.16. The number of carbonyl (C=O) groups is 2. The average molecular weight is 731 g/mol. The summed E-state index contributed by atoms with van der Waals surface area (Å²) in [5, 5.41) is 3.06. The van der Waals surface area contributed by atoms with Crippen molar-refractivity contribution in [1.82, 2.24) is 15.1 Å². The normalized spacial score (nSPS) is 28.0. The smallest absolute Gasteiger partial charge is 0.410 e. The van der Waals surface area contributed by atoms with Gasteiger partial charge in [-0.3, -0.25) is 4.90 Å². The maximum absolute atomic E-state index is 13.6. The molecule has 3 heterocycles. The average Bonchev–Trinajstić information content (AvgIpc) is 3.49. The van der Waals surface area contributed by atoms with Crippen molar-refractivity contribution in [2.45, 2.75) is 125 Å². The molecule has 1 aromatic carbocycles. The molecule has 3 aliphatic heterocycles. The fourth-order valence-electron chi connectivity index (χ4n) is 8.40.